The Morgan fingerprint density at radius 3 is 1.62 bits per heavy atom. The van der Waals surface area contributed by atoms with E-state index in [1.165, 1.54) is 6.42 Å². The zero-order valence-corrected chi connectivity index (χ0v) is 9.20. The van der Waals surface area contributed by atoms with Crippen molar-refractivity contribution in [3.05, 3.63) is 24.8 Å². The Labute approximate surface area is 85.8 Å². The van der Waals surface area contributed by atoms with Gasteiger partial charge in [-0.2, -0.15) is 0 Å². The van der Waals surface area contributed by atoms with Crippen LogP contribution in [0, 0.1) is 11.8 Å². The van der Waals surface area contributed by atoms with Crippen LogP contribution in [-0.2, 0) is 0 Å². The minimum atomic E-state index is 0. The first-order valence-electron chi connectivity index (χ1n) is 4.25. The zero-order chi connectivity index (χ0) is 10.4. The number of allylic oxidation sites excluding steroid dienone is 2. The average molecular weight is 182 g/mol. The van der Waals surface area contributed by atoms with Crippen molar-refractivity contribution in [3.63, 3.8) is 0 Å². The second-order valence-electron chi connectivity index (χ2n) is 2.27. The molecule has 13 heavy (non-hydrogen) atoms. The van der Waals surface area contributed by atoms with Crippen LogP contribution in [0.3, 0.4) is 0 Å². The lowest BCUT2D eigenvalue weighted by Crippen LogP contribution is -1.55. The van der Waals surface area contributed by atoms with Crippen molar-refractivity contribution in [2.24, 2.45) is 0 Å². The van der Waals surface area contributed by atoms with E-state index in [9.17, 15) is 0 Å². The van der Waals surface area contributed by atoms with Gasteiger partial charge in [-0.15, -0.1) is 12.5 Å². The van der Waals surface area contributed by atoms with Gasteiger partial charge >= 0.3 is 0 Å². The molecule has 0 aromatic heterocycles. The highest BCUT2D eigenvalue weighted by atomic mass is 13.7. The van der Waals surface area contributed by atoms with Crippen LogP contribution < -0.4 is 0 Å². The van der Waals surface area contributed by atoms with Gasteiger partial charge in [-0.3, -0.25) is 0 Å². The van der Waals surface area contributed by atoms with E-state index < -0.39 is 0 Å². The maximum absolute atomic E-state index is 3.57. The molecule has 0 aromatic carbocycles. The lowest BCUT2D eigenvalue weighted by atomic mass is 10.4. The van der Waals surface area contributed by atoms with Crippen molar-refractivity contribution in [1.82, 2.24) is 0 Å². The molecule has 0 heteroatoms. The van der Waals surface area contributed by atoms with Crippen LogP contribution in [-0.4, -0.2) is 0 Å². The van der Waals surface area contributed by atoms with E-state index >= 15 is 0 Å². The van der Waals surface area contributed by atoms with Crippen LogP contribution in [0.25, 0.3) is 0 Å². The number of hydrogen-bond acceptors (Lipinski definition) is 0. The summed E-state index contributed by atoms with van der Waals surface area (Å²) in [7, 11) is 0. The highest BCUT2D eigenvalue weighted by Gasteiger charge is 1.62. The molecule has 0 aliphatic heterocycles. The smallest absolute Gasteiger partial charge is 0.00234 e. The third-order valence-electron chi connectivity index (χ3n) is 0.338. The fourth-order valence-electron chi connectivity index (χ4n) is 0.213. The van der Waals surface area contributed by atoms with Crippen molar-refractivity contribution in [1.29, 1.82) is 0 Å². The zero-order valence-electron chi connectivity index (χ0n) is 9.20. The third-order valence-corrected chi connectivity index (χ3v) is 0.338. The Morgan fingerprint density at radius 2 is 1.62 bits per heavy atom. The largest absolute Gasteiger partial charge is 0.103 e. The lowest BCUT2D eigenvalue weighted by molar-refractivity contribution is 1.09. The van der Waals surface area contributed by atoms with Crippen molar-refractivity contribution < 1.29 is 0 Å². The third kappa shape index (κ3) is 217. The van der Waals surface area contributed by atoms with E-state index in [1.807, 2.05) is 13.8 Å². The van der Waals surface area contributed by atoms with E-state index in [2.05, 4.69) is 38.8 Å². The van der Waals surface area contributed by atoms with Gasteiger partial charge < -0.3 is 0 Å². The molecule has 0 radical (unpaired) electrons. The van der Waals surface area contributed by atoms with Gasteiger partial charge in [-0.05, 0) is 26.3 Å². The lowest BCUT2D eigenvalue weighted by Gasteiger charge is -1.69. The first kappa shape index (κ1) is 22.7. The molecule has 0 aliphatic rings. The molecular weight excluding hydrogens is 156 g/mol. The quantitative estimate of drug-likeness (QED) is 0.372. The Hall–Kier alpha value is -0.960. The molecule has 0 amide bonds. The monoisotopic (exact) mass is 182 g/mol. The SMILES string of the molecule is C.C=C(C)C#CC.C=CC.CCC. The van der Waals surface area contributed by atoms with E-state index in [0.29, 0.717) is 0 Å². The molecule has 0 nitrogen and oxygen atoms in total. The highest BCUT2D eigenvalue weighted by molar-refractivity contribution is 5.21. The fourth-order valence-corrected chi connectivity index (χ4v) is 0.213. The van der Waals surface area contributed by atoms with Crippen LogP contribution in [0.15, 0.2) is 24.8 Å². The summed E-state index contributed by atoms with van der Waals surface area (Å²) in [4.78, 5) is 0. The van der Waals surface area contributed by atoms with E-state index in [4.69, 9.17) is 0 Å². The molecule has 0 bridgehead atoms. The van der Waals surface area contributed by atoms with Gasteiger partial charge in [-0.25, -0.2) is 0 Å². The predicted molar refractivity (Wildman–Crippen MR) is 66.8 cm³/mol. The first-order chi connectivity index (χ1) is 5.60. The first-order valence-corrected chi connectivity index (χ1v) is 4.25. The van der Waals surface area contributed by atoms with Crippen LogP contribution >= 0.6 is 0 Å². The maximum Gasteiger partial charge on any atom is -0.00234 e. The van der Waals surface area contributed by atoms with Gasteiger partial charge in [0.15, 0.2) is 0 Å². The van der Waals surface area contributed by atoms with Crippen molar-refractivity contribution in [2.45, 2.75) is 48.5 Å². The van der Waals surface area contributed by atoms with Crippen LogP contribution in [0.1, 0.15) is 48.5 Å². The summed E-state index contributed by atoms with van der Waals surface area (Å²) in [5.41, 5.74) is 0.928. The molecule has 0 rings (SSSR count). The predicted octanol–water partition coefficient (Wildman–Crippen LogP) is 4.83. The highest BCUT2D eigenvalue weighted by Crippen LogP contribution is 1.77. The standard InChI is InChI=1S/C6H8.C3H8.C3H6.CH4/c1-4-5-6(2)3;2*1-3-2;/h2H2,1,3H3;3H2,1-2H3;3H,1H2,2H3;1H4. The fraction of sp³-hybridized carbons (Fsp3) is 0.538. The topological polar surface area (TPSA) is 0 Å². The summed E-state index contributed by atoms with van der Waals surface area (Å²) >= 11 is 0. The summed E-state index contributed by atoms with van der Waals surface area (Å²) in [6.07, 6.45) is 3.00. The minimum Gasteiger partial charge on any atom is -0.103 e. The molecule has 0 N–H and O–H groups in total. The van der Waals surface area contributed by atoms with Gasteiger partial charge in [0.2, 0.25) is 0 Å². The normalized spacial score (nSPS) is 5.00. The maximum atomic E-state index is 3.57. The average Bonchev–Trinajstić information content (AvgIpc) is 1.89. The Morgan fingerprint density at radius 1 is 1.38 bits per heavy atom. The van der Waals surface area contributed by atoms with Crippen molar-refractivity contribution >= 4 is 0 Å². The van der Waals surface area contributed by atoms with E-state index in [-0.39, 0.29) is 7.43 Å². The second kappa shape index (κ2) is 30.5. The van der Waals surface area contributed by atoms with Crippen LogP contribution in [0.2, 0.25) is 0 Å². The van der Waals surface area contributed by atoms with Gasteiger partial charge in [0.25, 0.3) is 0 Å². The van der Waals surface area contributed by atoms with E-state index in [0.717, 1.165) is 5.57 Å². The Balaban J connectivity index is -0.0000000501. The Bertz CT molecular complexity index is 141. The van der Waals surface area contributed by atoms with Gasteiger partial charge in [0, 0.05) is 0 Å². The van der Waals surface area contributed by atoms with Crippen LogP contribution in [0.5, 0.6) is 0 Å². The molecule has 0 saturated heterocycles. The molecule has 0 unspecified atom stereocenters. The summed E-state index contributed by atoms with van der Waals surface area (Å²) in [5.74, 6) is 5.48. The van der Waals surface area contributed by atoms with Crippen molar-refractivity contribution in [2.75, 3.05) is 0 Å². The minimum absolute atomic E-state index is 0. The molecule has 78 valence electrons. The molecule has 0 heterocycles. The van der Waals surface area contributed by atoms with Crippen LogP contribution in [0.4, 0.5) is 0 Å². The number of hydrogen-bond donors (Lipinski definition) is 0. The van der Waals surface area contributed by atoms with Gasteiger partial charge in [-0.1, -0.05) is 46.3 Å². The Kier molecular flexibility index (Phi) is 53.3. The second-order valence-corrected chi connectivity index (χ2v) is 2.27. The molecule has 0 aliphatic carbocycles. The summed E-state index contributed by atoms with van der Waals surface area (Å²) < 4.78 is 0. The molecule has 0 saturated carbocycles. The molecule has 0 spiro atoms. The van der Waals surface area contributed by atoms with Gasteiger partial charge in [0.1, 0.15) is 0 Å². The molecule has 0 aromatic rings. The summed E-state index contributed by atoms with van der Waals surface area (Å²) in [6, 6.07) is 0. The molecular formula is C13H26. The van der Waals surface area contributed by atoms with Crippen molar-refractivity contribution in [3.8, 4) is 11.8 Å². The number of rotatable bonds is 0. The summed E-state index contributed by atoms with van der Waals surface area (Å²) in [5, 5.41) is 0. The molecule has 0 fully saturated rings. The van der Waals surface area contributed by atoms with E-state index in [1.54, 1.807) is 13.0 Å². The van der Waals surface area contributed by atoms with Gasteiger partial charge in [0.05, 0.1) is 0 Å². The molecule has 0 atom stereocenters. The summed E-state index contributed by atoms with van der Waals surface area (Å²) in [6.45, 7) is 16.8.